The van der Waals surface area contributed by atoms with E-state index in [0.29, 0.717) is 38.3 Å². The summed E-state index contributed by atoms with van der Waals surface area (Å²) in [6.07, 6.45) is 1.38. The number of para-hydroxylation sites is 1. The van der Waals surface area contributed by atoms with E-state index in [1.54, 1.807) is 6.07 Å². The molecule has 0 spiro atoms. The number of carboxylic acids is 1. The highest BCUT2D eigenvalue weighted by atomic mass is 16.5. The zero-order valence-corrected chi connectivity index (χ0v) is 16.2. The zero-order chi connectivity index (χ0) is 20.5. The van der Waals surface area contributed by atoms with E-state index >= 15 is 0 Å². The van der Waals surface area contributed by atoms with Crippen LogP contribution in [0.4, 0.5) is 0 Å². The SMILES string of the molecule is O=C(O)COc1cccc2c(CCN(O)CCCOc3ccccc3)cccc12. The molecule has 0 aliphatic rings. The number of ether oxygens (including phenoxy) is 2. The van der Waals surface area contributed by atoms with Gasteiger partial charge in [0, 0.05) is 18.5 Å². The molecule has 3 rings (SSSR count). The number of aliphatic carboxylic acids is 1. The number of carbonyl (C=O) groups is 1. The molecule has 0 amide bonds. The highest BCUT2D eigenvalue weighted by molar-refractivity contribution is 5.91. The maximum Gasteiger partial charge on any atom is 0.341 e. The second-order valence-electron chi connectivity index (χ2n) is 6.67. The van der Waals surface area contributed by atoms with Crippen LogP contribution >= 0.6 is 0 Å². The molecule has 6 heteroatoms. The van der Waals surface area contributed by atoms with Crippen LogP contribution in [0.1, 0.15) is 12.0 Å². The van der Waals surface area contributed by atoms with Crippen molar-refractivity contribution in [3.05, 3.63) is 72.3 Å². The molecule has 3 aromatic rings. The van der Waals surface area contributed by atoms with Crippen molar-refractivity contribution in [3.8, 4) is 11.5 Å². The van der Waals surface area contributed by atoms with Crippen LogP contribution < -0.4 is 9.47 Å². The molecule has 0 heterocycles. The Morgan fingerprint density at radius 1 is 0.862 bits per heavy atom. The van der Waals surface area contributed by atoms with E-state index in [1.165, 1.54) is 5.06 Å². The third kappa shape index (κ3) is 6.20. The highest BCUT2D eigenvalue weighted by Gasteiger charge is 2.09. The normalized spacial score (nSPS) is 11.0. The number of hydrogen-bond acceptors (Lipinski definition) is 5. The Balaban J connectivity index is 1.52. The third-order valence-corrected chi connectivity index (χ3v) is 4.54. The summed E-state index contributed by atoms with van der Waals surface area (Å²) in [5, 5.41) is 22.2. The second-order valence-corrected chi connectivity index (χ2v) is 6.67. The van der Waals surface area contributed by atoms with Crippen molar-refractivity contribution in [2.75, 3.05) is 26.3 Å². The molecule has 6 nitrogen and oxygen atoms in total. The van der Waals surface area contributed by atoms with Crippen LogP contribution in [0.5, 0.6) is 11.5 Å². The molecule has 0 aromatic heterocycles. The fourth-order valence-electron chi connectivity index (χ4n) is 3.14. The van der Waals surface area contributed by atoms with Gasteiger partial charge in [-0.2, -0.15) is 5.06 Å². The molecule has 0 aliphatic carbocycles. The molecule has 2 N–H and O–H groups in total. The summed E-state index contributed by atoms with van der Waals surface area (Å²) < 4.78 is 11.0. The molecule has 0 fully saturated rings. The molecule has 0 bridgehead atoms. The van der Waals surface area contributed by atoms with E-state index in [1.807, 2.05) is 60.7 Å². The number of hydroxylamine groups is 2. The highest BCUT2D eigenvalue weighted by Crippen LogP contribution is 2.28. The average Bonchev–Trinajstić information content (AvgIpc) is 2.74. The molecule has 0 unspecified atom stereocenters. The maximum absolute atomic E-state index is 10.8. The van der Waals surface area contributed by atoms with Gasteiger partial charge in [0.2, 0.25) is 0 Å². The molecule has 0 saturated carbocycles. The quantitative estimate of drug-likeness (QED) is 0.377. The van der Waals surface area contributed by atoms with Crippen molar-refractivity contribution in [1.29, 1.82) is 0 Å². The van der Waals surface area contributed by atoms with Crippen molar-refractivity contribution in [2.45, 2.75) is 12.8 Å². The van der Waals surface area contributed by atoms with Crippen LogP contribution in [0.25, 0.3) is 10.8 Å². The van der Waals surface area contributed by atoms with Gasteiger partial charge in [-0.1, -0.05) is 48.5 Å². The lowest BCUT2D eigenvalue weighted by Gasteiger charge is -2.16. The summed E-state index contributed by atoms with van der Waals surface area (Å²) in [6.45, 7) is 1.17. The van der Waals surface area contributed by atoms with Crippen molar-refractivity contribution in [1.82, 2.24) is 5.06 Å². The van der Waals surface area contributed by atoms with Crippen LogP contribution in [0.3, 0.4) is 0 Å². The molecule has 152 valence electrons. The van der Waals surface area contributed by atoms with E-state index in [9.17, 15) is 10.0 Å². The van der Waals surface area contributed by atoms with Crippen LogP contribution in [-0.2, 0) is 11.2 Å². The average molecular weight is 395 g/mol. The number of carboxylic acid groups (broad SMARTS) is 1. The summed E-state index contributed by atoms with van der Waals surface area (Å²) in [7, 11) is 0. The van der Waals surface area contributed by atoms with E-state index in [4.69, 9.17) is 14.6 Å². The predicted molar refractivity (Wildman–Crippen MR) is 111 cm³/mol. The van der Waals surface area contributed by atoms with Crippen LogP contribution in [-0.4, -0.2) is 47.6 Å². The summed E-state index contributed by atoms with van der Waals surface area (Å²) in [4.78, 5) is 10.8. The van der Waals surface area contributed by atoms with Gasteiger partial charge >= 0.3 is 5.97 Å². The van der Waals surface area contributed by atoms with Gasteiger partial charge in [0.15, 0.2) is 6.61 Å². The van der Waals surface area contributed by atoms with E-state index in [2.05, 4.69) is 0 Å². The Hall–Kier alpha value is -3.09. The molecule has 0 saturated heterocycles. The first-order valence-corrected chi connectivity index (χ1v) is 9.60. The smallest absolute Gasteiger partial charge is 0.341 e. The Labute approximate surface area is 169 Å². The minimum absolute atomic E-state index is 0.376. The molecule has 3 aromatic carbocycles. The first-order chi connectivity index (χ1) is 14.1. The molecule has 0 aliphatic heterocycles. The van der Waals surface area contributed by atoms with Crippen molar-refractivity contribution < 1.29 is 24.6 Å². The Morgan fingerprint density at radius 2 is 1.62 bits per heavy atom. The zero-order valence-electron chi connectivity index (χ0n) is 16.2. The van der Waals surface area contributed by atoms with E-state index < -0.39 is 5.97 Å². The lowest BCUT2D eigenvalue weighted by molar-refractivity contribution is -0.139. The van der Waals surface area contributed by atoms with E-state index in [-0.39, 0.29) is 6.61 Å². The minimum Gasteiger partial charge on any atom is -0.494 e. The van der Waals surface area contributed by atoms with Gasteiger partial charge in [0.25, 0.3) is 0 Å². The summed E-state index contributed by atoms with van der Waals surface area (Å²) in [5.41, 5.74) is 1.07. The van der Waals surface area contributed by atoms with Gasteiger partial charge in [-0.3, -0.25) is 0 Å². The summed E-state index contributed by atoms with van der Waals surface area (Å²) in [6, 6.07) is 21.0. The fraction of sp³-hybridized carbons (Fsp3) is 0.261. The number of hydrogen-bond donors (Lipinski definition) is 2. The van der Waals surface area contributed by atoms with Gasteiger partial charge in [0.05, 0.1) is 6.61 Å². The largest absolute Gasteiger partial charge is 0.494 e. The van der Waals surface area contributed by atoms with Gasteiger partial charge in [-0.05, 0) is 42.0 Å². The van der Waals surface area contributed by atoms with Gasteiger partial charge in [0.1, 0.15) is 11.5 Å². The second kappa shape index (κ2) is 10.5. The predicted octanol–water partition coefficient (Wildman–Crippen LogP) is 4.01. The molecular formula is C23H25NO5. The number of nitrogens with zero attached hydrogens (tertiary/aromatic N) is 1. The fourth-order valence-corrected chi connectivity index (χ4v) is 3.14. The van der Waals surface area contributed by atoms with E-state index in [0.717, 1.165) is 22.1 Å². The van der Waals surface area contributed by atoms with Crippen molar-refractivity contribution in [2.24, 2.45) is 0 Å². The van der Waals surface area contributed by atoms with Gasteiger partial charge < -0.3 is 19.8 Å². The maximum atomic E-state index is 10.8. The lowest BCUT2D eigenvalue weighted by atomic mass is 10.0. The van der Waals surface area contributed by atoms with Gasteiger partial charge in [-0.15, -0.1) is 0 Å². The number of fused-ring (bicyclic) bond motifs is 1. The standard InChI is InChI=1S/C23H25NO5/c25-23(26)17-29-22-12-5-10-20-18(7-4-11-21(20)22)13-15-24(27)14-6-16-28-19-8-2-1-3-9-19/h1-5,7-12,27H,6,13-17H2,(H,25,26). The van der Waals surface area contributed by atoms with Crippen LogP contribution in [0.2, 0.25) is 0 Å². The van der Waals surface area contributed by atoms with Crippen LogP contribution in [0.15, 0.2) is 66.7 Å². The molecule has 0 radical (unpaired) electrons. The summed E-state index contributed by atoms with van der Waals surface area (Å²) in [5.74, 6) is 0.365. The van der Waals surface area contributed by atoms with Crippen LogP contribution in [0, 0.1) is 0 Å². The number of benzene rings is 3. The molecule has 0 atom stereocenters. The lowest BCUT2D eigenvalue weighted by Crippen LogP contribution is -2.24. The monoisotopic (exact) mass is 395 g/mol. The minimum atomic E-state index is -1.01. The van der Waals surface area contributed by atoms with Crippen molar-refractivity contribution >= 4 is 16.7 Å². The third-order valence-electron chi connectivity index (χ3n) is 4.54. The number of rotatable bonds is 11. The topological polar surface area (TPSA) is 79.2 Å². The Morgan fingerprint density at radius 3 is 2.41 bits per heavy atom. The summed E-state index contributed by atoms with van der Waals surface area (Å²) >= 11 is 0. The Bertz CT molecular complexity index is 929. The first kappa shape index (κ1) is 20.6. The van der Waals surface area contributed by atoms with Gasteiger partial charge in [-0.25, -0.2) is 4.79 Å². The van der Waals surface area contributed by atoms with Crippen molar-refractivity contribution in [3.63, 3.8) is 0 Å². The Kier molecular flexibility index (Phi) is 7.44. The molecule has 29 heavy (non-hydrogen) atoms. The first-order valence-electron chi connectivity index (χ1n) is 9.60. The molecular weight excluding hydrogens is 370 g/mol.